The molecule has 1 saturated carbocycles. The van der Waals surface area contributed by atoms with E-state index in [1.165, 1.54) is 24.6 Å². The molecule has 1 unspecified atom stereocenters. The fourth-order valence-corrected chi connectivity index (χ4v) is 4.67. The van der Waals surface area contributed by atoms with Crippen LogP contribution in [0.4, 0.5) is 4.79 Å². The maximum absolute atomic E-state index is 12.3. The minimum Gasteiger partial charge on any atom is -0.480 e. The monoisotopic (exact) mass is 505 g/mol. The number of benzene rings is 1. The van der Waals surface area contributed by atoms with Crippen LogP contribution in [0.5, 0.6) is 0 Å². The number of carbonyl (C=O) groups excluding carboxylic acids is 2. The summed E-state index contributed by atoms with van der Waals surface area (Å²) in [6, 6.07) is 4.27. The van der Waals surface area contributed by atoms with E-state index in [2.05, 4.69) is 5.32 Å². The molecule has 11 heteroatoms. The van der Waals surface area contributed by atoms with Gasteiger partial charge in [-0.1, -0.05) is 25.3 Å². The average Bonchev–Trinajstić information content (AvgIpc) is 3.58. The number of nitrogens with two attached hydrogens (primary N) is 1. The van der Waals surface area contributed by atoms with Gasteiger partial charge in [-0.3, -0.25) is 9.59 Å². The van der Waals surface area contributed by atoms with Crippen molar-refractivity contribution in [3.05, 3.63) is 35.4 Å². The Morgan fingerprint density at radius 2 is 1.44 bits per heavy atom. The predicted octanol–water partition coefficient (Wildman–Crippen LogP) is 2.58. The van der Waals surface area contributed by atoms with Crippen LogP contribution in [0.1, 0.15) is 78.5 Å². The summed E-state index contributed by atoms with van der Waals surface area (Å²) in [6.07, 6.45) is 9.05. The van der Waals surface area contributed by atoms with Gasteiger partial charge in [0.1, 0.15) is 6.04 Å². The van der Waals surface area contributed by atoms with E-state index >= 15 is 0 Å². The van der Waals surface area contributed by atoms with Crippen LogP contribution in [0, 0.1) is 5.92 Å². The third-order valence-corrected chi connectivity index (χ3v) is 6.59. The first kappa shape index (κ1) is 28.8. The third-order valence-electron chi connectivity index (χ3n) is 6.59. The van der Waals surface area contributed by atoms with Crippen molar-refractivity contribution in [1.82, 2.24) is 10.2 Å². The number of Topliss-reactive ketones (excluding diaryl/α,β-unsaturated/α-hetero) is 1. The third kappa shape index (κ3) is 8.63. The Balaban J connectivity index is 0.000000202. The number of aliphatic carboxylic acids is 1. The van der Waals surface area contributed by atoms with Crippen LogP contribution in [0.15, 0.2) is 24.3 Å². The zero-order valence-corrected chi connectivity index (χ0v) is 20.2. The molecule has 1 aliphatic carbocycles. The number of ketones is 1. The van der Waals surface area contributed by atoms with Crippen molar-refractivity contribution < 1.29 is 39.3 Å². The quantitative estimate of drug-likeness (QED) is 0.401. The molecule has 3 aliphatic rings. The molecule has 3 fully saturated rings. The summed E-state index contributed by atoms with van der Waals surface area (Å²) < 4.78 is 0. The molecule has 2 heterocycles. The first-order chi connectivity index (χ1) is 17.1. The van der Waals surface area contributed by atoms with Gasteiger partial charge in [0.15, 0.2) is 5.78 Å². The molecule has 1 aromatic rings. The van der Waals surface area contributed by atoms with Crippen molar-refractivity contribution >= 4 is 29.7 Å². The molecule has 2 aliphatic heterocycles. The molecule has 2 saturated heterocycles. The number of nitrogens with zero attached hydrogens (tertiary/aromatic N) is 1. The Hall–Kier alpha value is -3.47. The SMILES string of the molecule is NC(=O)N1CCCC1C(=O)C1CCCCC1.O=C(O)[C@@H]1CCCN1.O=C(O)c1cccc(C(=O)O)c1. The first-order valence-electron chi connectivity index (χ1n) is 12.2. The van der Waals surface area contributed by atoms with Gasteiger partial charge >= 0.3 is 23.9 Å². The minimum atomic E-state index is -1.13. The smallest absolute Gasteiger partial charge is 0.335 e. The summed E-state index contributed by atoms with van der Waals surface area (Å²) in [5.41, 5.74) is 5.25. The Labute approximate surface area is 209 Å². The lowest BCUT2D eigenvalue weighted by molar-refractivity contribution is -0.139. The number of carboxylic acids is 3. The predicted molar refractivity (Wildman–Crippen MR) is 130 cm³/mol. The van der Waals surface area contributed by atoms with Crippen LogP contribution in [-0.2, 0) is 9.59 Å². The van der Waals surface area contributed by atoms with Crippen molar-refractivity contribution in [3.63, 3.8) is 0 Å². The highest BCUT2D eigenvalue weighted by atomic mass is 16.4. The van der Waals surface area contributed by atoms with Crippen LogP contribution < -0.4 is 11.1 Å². The summed E-state index contributed by atoms with van der Waals surface area (Å²) >= 11 is 0. The minimum absolute atomic E-state index is 0.0186. The van der Waals surface area contributed by atoms with E-state index in [0.717, 1.165) is 64.0 Å². The largest absolute Gasteiger partial charge is 0.480 e. The van der Waals surface area contributed by atoms with Crippen LogP contribution in [-0.4, -0.2) is 75.1 Å². The number of amides is 2. The van der Waals surface area contributed by atoms with Gasteiger partial charge in [0.05, 0.1) is 17.2 Å². The van der Waals surface area contributed by atoms with Gasteiger partial charge in [-0.15, -0.1) is 0 Å². The number of rotatable bonds is 5. The summed E-state index contributed by atoms with van der Waals surface area (Å²) in [5.74, 6) is -2.53. The van der Waals surface area contributed by atoms with Crippen LogP contribution in [0.3, 0.4) is 0 Å². The molecule has 0 aromatic heterocycles. The van der Waals surface area contributed by atoms with E-state index in [9.17, 15) is 24.0 Å². The molecule has 11 nitrogen and oxygen atoms in total. The highest BCUT2D eigenvalue weighted by Gasteiger charge is 2.36. The van der Waals surface area contributed by atoms with Gasteiger partial charge in [0, 0.05) is 12.5 Å². The normalized spacial score (nSPS) is 21.4. The zero-order chi connectivity index (χ0) is 26.7. The molecule has 36 heavy (non-hydrogen) atoms. The molecule has 2 atom stereocenters. The van der Waals surface area contributed by atoms with Crippen molar-refractivity contribution in [2.45, 2.75) is 69.9 Å². The maximum Gasteiger partial charge on any atom is 0.335 e. The summed E-state index contributed by atoms with van der Waals surface area (Å²) in [7, 11) is 0. The second-order valence-corrected chi connectivity index (χ2v) is 9.11. The highest BCUT2D eigenvalue weighted by molar-refractivity contribution is 5.93. The van der Waals surface area contributed by atoms with E-state index in [-0.39, 0.29) is 34.9 Å². The number of carboxylic acid groups (broad SMARTS) is 3. The summed E-state index contributed by atoms with van der Waals surface area (Å²) in [5, 5.41) is 28.2. The number of primary amides is 1. The standard InChI is InChI=1S/C12H20N2O2.C8H6O4.C5H9NO2/c13-12(16)14-8-4-7-10(14)11(15)9-5-2-1-3-6-9;9-7(10)5-2-1-3-6(4-5)8(11)12;7-5(8)4-2-1-3-6-4/h9-10H,1-8H2,(H2,13,16);1-4H,(H,9,10)(H,11,12);4,6H,1-3H2,(H,7,8)/t;;4-/m..0/s1. The van der Waals surface area contributed by atoms with E-state index < -0.39 is 23.9 Å². The van der Waals surface area contributed by atoms with E-state index in [1.807, 2.05) is 0 Å². The second kappa shape index (κ2) is 14.2. The van der Waals surface area contributed by atoms with E-state index in [1.54, 1.807) is 4.90 Å². The van der Waals surface area contributed by atoms with Crippen molar-refractivity contribution in [3.8, 4) is 0 Å². The topological polar surface area (TPSA) is 187 Å². The van der Waals surface area contributed by atoms with Crippen molar-refractivity contribution in [1.29, 1.82) is 0 Å². The summed E-state index contributed by atoms with van der Waals surface area (Å²) in [6.45, 7) is 1.51. The Morgan fingerprint density at radius 3 is 1.89 bits per heavy atom. The van der Waals surface area contributed by atoms with Crippen LogP contribution in [0.25, 0.3) is 0 Å². The molecule has 4 rings (SSSR count). The number of hydrogen-bond acceptors (Lipinski definition) is 6. The molecule has 0 bridgehead atoms. The van der Waals surface area contributed by atoms with E-state index in [0.29, 0.717) is 6.54 Å². The van der Waals surface area contributed by atoms with Gasteiger partial charge in [0.25, 0.3) is 0 Å². The summed E-state index contributed by atoms with van der Waals surface area (Å²) in [4.78, 5) is 55.9. The molecular weight excluding hydrogens is 470 g/mol. The number of hydrogen-bond donors (Lipinski definition) is 5. The van der Waals surface area contributed by atoms with Gasteiger partial charge in [-0.25, -0.2) is 14.4 Å². The van der Waals surface area contributed by atoms with Gasteiger partial charge in [-0.05, 0) is 63.3 Å². The van der Waals surface area contributed by atoms with Gasteiger partial charge < -0.3 is 31.3 Å². The van der Waals surface area contributed by atoms with E-state index in [4.69, 9.17) is 21.1 Å². The fourth-order valence-electron chi connectivity index (χ4n) is 4.67. The molecule has 6 N–H and O–H groups in total. The zero-order valence-electron chi connectivity index (χ0n) is 20.2. The molecule has 2 amide bonds. The lowest BCUT2D eigenvalue weighted by Crippen LogP contribution is -2.45. The molecule has 1 aromatic carbocycles. The molecule has 0 radical (unpaired) electrons. The highest BCUT2D eigenvalue weighted by Crippen LogP contribution is 2.29. The number of urea groups is 1. The van der Waals surface area contributed by atoms with Crippen LogP contribution >= 0.6 is 0 Å². The fraction of sp³-hybridized carbons (Fsp3) is 0.560. The van der Waals surface area contributed by atoms with Gasteiger partial charge in [0.2, 0.25) is 0 Å². The lowest BCUT2D eigenvalue weighted by atomic mass is 9.83. The Bertz CT molecular complexity index is 910. The number of aromatic carboxylic acids is 2. The van der Waals surface area contributed by atoms with Crippen molar-refractivity contribution in [2.75, 3.05) is 13.1 Å². The molecular formula is C25H35N3O8. The number of likely N-dealkylation sites (tertiary alicyclic amines) is 1. The van der Waals surface area contributed by atoms with Gasteiger partial charge in [-0.2, -0.15) is 0 Å². The number of carbonyl (C=O) groups is 5. The maximum atomic E-state index is 12.3. The number of nitrogens with one attached hydrogen (secondary N) is 1. The first-order valence-corrected chi connectivity index (χ1v) is 12.2. The van der Waals surface area contributed by atoms with Crippen LogP contribution in [0.2, 0.25) is 0 Å². The molecule has 198 valence electrons. The second-order valence-electron chi connectivity index (χ2n) is 9.11. The Morgan fingerprint density at radius 1 is 0.833 bits per heavy atom. The average molecular weight is 506 g/mol. The van der Waals surface area contributed by atoms with Crippen molar-refractivity contribution in [2.24, 2.45) is 11.7 Å². The lowest BCUT2D eigenvalue weighted by Gasteiger charge is -2.27. The molecule has 0 spiro atoms. The Kier molecular flexibility index (Phi) is 11.3.